The lowest BCUT2D eigenvalue weighted by Gasteiger charge is -2.30. The fourth-order valence-electron chi connectivity index (χ4n) is 3.62. The summed E-state index contributed by atoms with van der Waals surface area (Å²) in [6, 6.07) is 10.3. The van der Waals surface area contributed by atoms with Crippen molar-refractivity contribution in [1.82, 2.24) is 24.6 Å². The molecule has 1 aliphatic rings. The van der Waals surface area contributed by atoms with Crippen molar-refractivity contribution < 1.29 is 0 Å². The molecule has 1 aliphatic heterocycles. The molecule has 7 heteroatoms. The molecule has 1 aromatic carbocycles. The highest BCUT2D eigenvalue weighted by molar-refractivity contribution is 7.13. The normalized spacial score (nSPS) is 16.2. The highest BCUT2D eigenvalue weighted by atomic mass is 32.1. The molecule has 0 bridgehead atoms. The minimum atomic E-state index is -0.0964. The molecule has 3 heterocycles. The van der Waals surface area contributed by atoms with Crippen LogP contribution in [0.4, 0.5) is 0 Å². The van der Waals surface area contributed by atoms with Crippen LogP contribution in [-0.2, 0) is 13.1 Å². The zero-order valence-electron chi connectivity index (χ0n) is 14.9. The van der Waals surface area contributed by atoms with Crippen LogP contribution >= 0.6 is 11.3 Å². The summed E-state index contributed by atoms with van der Waals surface area (Å²) < 4.78 is 1.76. The lowest BCUT2D eigenvalue weighted by Crippen LogP contribution is -2.33. The Labute approximate surface area is 156 Å². The summed E-state index contributed by atoms with van der Waals surface area (Å²) in [4.78, 5) is 19.0. The van der Waals surface area contributed by atoms with Crippen molar-refractivity contribution in [3.63, 3.8) is 0 Å². The van der Waals surface area contributed by atoms with E-state index in [1.165, 1.54) is 5.56 Å². The van der Waals surface area contributed by atoms with E-state index >= 15 is 0 Å². The molecule has 2 aromatic heterocycles. The van der Waals surface area contributed by atoms with Crippen LogP contribution in [0.5, 0.6) is 0 Å². The molecule has 3 aromatic rings. The van der Waals surface area contributed by atoms with Crippen LogP contribution in [-0.4, -0.2) is 37.7 Å². The maximum absolute atomic E-state index is 11.8. The van der Waals surface area contributed by atoms with Crippen molar-refractivity contribution in [3.8, 4) is 10.6 Å². The van der Waals surface area contributed by atoms with Gasteiger partial charge in [-0.25, -0.2) is 14.9 Å². The van der Waals surface area contributed by atoms with Gasteiger partial charge < -0.3 is 0 Å². The Kier molecular flexibility index (Phi) is 4.99. The number of hydrogen-bond donors (Lipinski definition) is 1. The lowest BCUT2D eigenvalue weighted by atomic mass is 9.96. The quantitative estimate of drug-likeness (QED) is 0.750. The first-order chi connectivity index (χ1) is 12.7. The number of H-pyrrole nitrogens is 1. The van der Waals surface area contributed by atoms with Crippen molar-refractivity contribution in [2.75, 3.05) is 13.1 Å². The number of benzene rings is 1. The first kappa shape index (κ1) is 17.2. The molecule has 1 N–H and O–H groups in total. The second-order valence-corrected chi connectivity index (χ2v) is 7.55. The van der Waals surface area contributed by atoms with Gasteiger partial charge in [-0.2, -0.15) is 5.10 Å². The summed E-state index contributed by atoms with van der Waals surface area (Å²) in [5.74, 6) is 1.28. The molecule has 1 saturated heterocycles. The van der Waals surface area contributed by atoms with Crippen LogP contribution in [0.25, 0.3) is 10.6 Å². The number of likely N-dealkylation sites (tertiary alicyclic amines) is 1. The number of rotatable bonds is 5. The molecular weight excluding hydrogens is 346 g/mol. The third-order valence-corrected chi connectivity index (χ3v) is 5.96. The molecule has 1 fully saturated rings. The van der Waals surface area contributed by atoms with Gasteiger partial charge in [0.15, 0.2) is 0 Å². The van der Waals surface area contributed by atoms with Crippen molar-refractivity contribution in [2.45, 2.75) is 38.8 Å². The fraction of sp³-hybridized carbons (Fsp3) is 0.421. The number of hydrogen-bond acceptors (Lipinski definition) is 5. The van der Waals surface area contributed by atoms with E-state index in [9.17, 15) is 4.79 Å². The Bertz CT molecular complexity index is 905. The molecule has 4 rings (SSSR count). The van der Waals surface area contributed by atoms with Crippen molar-refractivity contribution >= 4 is 11.3 Å². The molecule has 0 aliphatic carbocycles. The molecule has 0 spiro atoms. The molecule has 26 heavy (non-hydrogen) atoms. The van der Waals surface area contributed by atoms with Gasteiger partial charge in [-0.05, 0) is 32.9 Å². The van der Waals surface area contributed by atoms with Crippen molar-refractivity contribution in [3.05, 3.63) is 57.7 Å². The summed E-state index contributed by atoms with van der Waals surface area (Å²) in [6.07, 6.45) is 2.06. The van der Waals surface area contributed by atoms with Crippen molar-refractivity contribution in [2.24, 2.45) is 0 Å². The molecule has 136 valence electrons. The predicted molar refractivity (Wildman–Crippen MR) is 103 cm³/mol. The first-order valence-electron chi connectivity index (χ1n) is 9.12. The van der Waals surface area contributed by atoms with Gasteiger partial charge in [-0.3, -0.25) is 9.47 Å². The summed E-state index contributed by atoms with van der Waals surface area (Å²) >= 11 is 1.71. The Balaban J connectivity index is 1.37. The Morgan fingerprint density at radius 2 is 2.00 bits per heavy atom. The maximum atomic E-state index is 11.8. The van der Waals surface area contributed by atoms with Gasteiger partial charge in [0, 0.05) is 30.0 Å². The Morgan fingerprint density at radius 3 is 2.73 bits per heavy atom. The minimum Gasteiger partial charge on any atom is -0.297 e. The van der Waals surface area contributed by atoms with Crippen LogP contribution in [0.3, 0.4) is 0 Å². The average Bonchev–Trinajstić information content (AvgIpc) is 3.29. The highest BCUT2D eigenvalue weighted by Gasteiger charge is 2.25. The van der Waals surface area contributed by atoms with E-state index in [4.69, 9.17) is 4.98 Å². The fourth-order valence-corrected chi connectivity index (χ4v) is 4.44. The monoisotopic (exact) mass is 369 g/mol. The predicted octanol–water partition coefficient (Wildman–Crippen LogP) is 3.09. The third-order valence-electron chi connectivity index (χ3n) is 5.01. The number of aromatic nitrogens is 4. The molecule has 0 unspecified atom stereocenters. The van der Waals surface area contributed by atoms with Gasteiger partial charge in [0.2, 0.25) is 0 Å². The zero-order valence-corrected chi connectivity index (χ0v) is 15.7. The Morgan fingerprint density at radius 1 is 1.23 bits per heavy atom. The molecule has 0 radical (unpaired) electrons. The smallest absolute Gasteiger partial charge is 0.297 e. The van der Waals surface area contributed by atoms with Gasteiger partial charge in [-0.1, -0.05) is 30.3 Å². The topological polar surface area (TPSA) is 66.8 Å². The number of piperidine rings is 1. The summed E-state index contributed by atoms with van der Waals surface area (Å²) in [5, 5.41) is 10.1. The SMILES string of the molecule is CCn1c(C2CCN(Cc3csc(-c4ccccc4)n3)CC2)n[nH]c1=O. The molecule has 6 nitrogen and oxygen atoms in total. The van der Waals surface area contributed by atoms with E-state index in [1.807, 2.05) is 25.1 Å². The Hall–Kier alpha value is -2.25. The van der Waals surface area contributed by atoms with E-state index in [0.29, 0.717) is 12.5 Å². The van der Waals surface area contributed by atoms with Gasteiger partial charge >= 0.3 is 5.69 Å². The molecular formula is C19H23N5OS. The second kappa shape index (κ2) is 7.55. The van der Waals surface area contributed by atoms with Gasteiger partial charge in [0.25, 0.3) is 0 Å². The first-order valence-corrected chi connectivity index (χ1v) is 10.00. The average molecular weight is 369 g/mol. The summed E-state index contributed by atoms with van der Waals surface area (Å²) in [5.41, 5.74) is 2.22. The van der Waals surface area contributed by atoms with E-state index < -0.39 is 0 Å². The van der Waals surface area contributed by atoms with E-state index in [-0.39, 0.29) is 5.69 Å². The van der Waals surface area contributed by atoms with Gasteiger partial charge in [-0.15, -0.1) is 11.3 Å². The largest absolute Gasteiger partial charge is 0.343 e. The maximum Gasteiger partial charge on any atom is 0.343 e. The van der Waals surface area contributed by atoms with E-state index in [1.54, 1.807) is 15.9 Å². The minimum absolute atomic E-state index is 0.0964. The summed E-state index contributed by atoms with van der Waals surface area (Å²) in [7, 11) is 0. The van der Waals surface area contributed by atoms with Crippen LogP contribution < -0.4 is 5.69 Å². The third kappa shape index (κ3) is 3.50. The zero-order chi connectivity index (χ0) is 17.9. The summed E-state index contributed by atoms with van der Waals surface area (Å²) in [6.45, 7) is 5.56. The van der Waals surface area contributed by atoms with E-state index in [2.05, 4.69) is 32.6 Å². The number of nitrogens with one attached hydrogen (secondary N) is 1. The van der Waals surface area contributed by atoms with Crippen molar-refractivity contribution in [1.29, 1.82) is 0 Å². The standard InChI is InChI=1S/C19H23N5OS/c1-2-24-17(21-22-19(24)25)14-8-10-23(11-9-14)12-16-13-26-18(20-16)15-6-4-3-5-7-15/h3-7,13-14H,2,8-12H2,1H3,(H,22,25). The molecule has 0 amide bonds. The van der Waals surface area contributed by atoms with Crippen LogP contribution in [0, 0.1) is 0 Å². The lowest BCUT2D eigenvalue weighted by molar-refractivity contribution is 0.198. The number of nitrogens with zero attached hydrogens (tertiary/aromatic N) is 4. The van der Waals surface area contributed by atoms with Crippen LogP contribution in [0.15, 0.2) is 40.5 Å². The number of thiazole rings is 1. The van der Waals surface area contributed by atoms with E-state index in [0.717, 1.165) is 49.0 Å². The van der Waals surface area contributed by atoms with Crippen LogP contribution in [0.2, 0.25) is 0 Å². The van der Waals surface area contributed by atoms with Crippen LogP contribution in [0.1, 0.15) is 37.2 Å². The molecule has 0 atom stereocenters. The van der Waals surface area contributed by atoms with Gasteiger partial charge in [0.1, 0.15) is 10.8 Å². The second-order valence-electron chi connectivity index (χ2n) is 6.69. The van der Waals surface area contributed by atoms with Gasteiger partial charge in [0.05, 0.1) is 5.69 Å². The number of aromatic amines is 1. The highest BCUT2D eigenvalue weighted by Crippen LogP contribution is 2.28. The molecule has 0 saturated carbocycles.